The molecule has 0 unspecified atom stereocenters. The quantitative estimate of drug-likeness (QED) is 0.870. The van der Waals surface area contributed by atoms with Crippen molar-refractivity contribution < 1.29 is 9.47 Å². The van der Waals surface area contributed by atoms with Crippen LogP contribution in [0.3, 0.4) is 0 Å². The molecule has 0 saturated carbocycles. The molecule has 1 N–H and O–H groups in total. The first-order chi connectivity index (χ1) is 10.2. The van der Waals surface area contributed by atoms with Gasteiger partial charge in [0, 0.05) is 11.6 Å². The Morgan fingerprint density at radius 2 is 1.71 bits per heavy atom. The van der Waals surface area contributed by atoms with Crippen LogP contribution in [0, 0.1) is 0 Å². The van der Waals surface area contributed by atoms with Crippen molar-refractivity contribution in [1.29, 1.82) is 0 Å². The maximum absolute atomic E-state index is 6.26. The molecule has 0 aliphatic carbocycles. The van der Waals surface area contributed by atoms with Crippen molar-refractivity contribution in [3.8, 4) is 22.6 Å². The number of hydrogen-bond acceptors (Lipinski definition) is 3. The molecule has 0 heterocycles. The molecule has 4 heteroatoms. The lowest BCUT2D eigenvalue weighted by atomic mass is 10.0. The number of halogens is 1. The minimum absolute atomic E-state index is 0.737. The Morgan fingerprint density at radius 1 is 1.05 bits per heavy atom. The predicted octanol–water partition coefficient (Wildman–Crippen LogP) is 4.13. The van der Waals surface area contributed by atoms with Gasteiger partial charge in [0.25, 0.3) is 0 Å². The Hall–Kier alpha value is -1.71. The third kappa shape index (κ3) is 3.49. The smallest absolute Gasteiger partial charge is 0.130 e. The van der Waals surface area contributed by atoms with Crippen LogP contribution >= 0.6 is 11.6 Å². The van der Waals surface area contributed by atoms with E-state index >= 15 is 0 Å². The molecule has 0 saturated heterocycles. The highest BCUT2D eigenvalue weighted by molar-refractivity contribution is 6.31. The Bertz CT molecular complexity index is 591. The molecule has 0 bridgehead atoms. The van der Waals surface area contributed by atoms with E-state index in [9.17, 15) is 0 Å². The highest BCUT2D eigenvalue weighted by atomic mass is 35.5. The summed E-state index contributed by atoms with van der Waals surface area (Å²) in [5.74, 6) is 1.57. The summed E-state index contributed by atoms with van der Waals surface area (Å²) in [6, 6.07) is 11.7. The first-order valence-electron chi connectivity index (χ1n) is 6.91. The van der Waals surface area contributed by atoms with Gasteiger partial charge in [0.15, 0.2) is 0 Å². The Morgan fingerprint density at radius 3 is 2.29 bits per heavy atom. The van der Waals surface area contributed by atoms with Gasteiger partial charge < -0.3 is 14.8 Å². The van der Waals surface area contributed by atoms with Crippen molar-refractivity contribution in [2.45, 2.75) is 13.5 Å². The zero-order valence-corrected chi connectivity index (χ0v) is 13.3. The van der Waals surface area contributed by atoms with Crippen molar-refractivity contribution in [1.82, 2.24) is 5.32 Å². The van der Waals surface area contributed by atoms with E-state index in [0.29, 0.717) is 0 Å². The normalized spacial score (nSPS) is 10.5. The summed E-state index contributed by atoms with van der Waals surface area (Å²) in [7, 11) is 3.32. The lowest BCUT2D eigenvalue weighted by Gasteiger charge is -2.15. The second kappa shape index (κ2) is 7.34. The fourth-order valence-corrected chi connectivity index (χ4v) is 2.45. The van der Waals surface area contributed by atoms with Gasteiger partial charge >= 0.3 is 0 Å². The topological polar surface area (TPSA) is 30.5 Å². The summed E-state index contributed by atoms with van der Waals surface area (Å²) in [5, 5.41) is 4.05. The lowest BCUT2D eigenvalue weighted by molar-refractivity contribution is 0.397. The van der Waals surface area contributed by atoms with Crippen molar-refractivity contribution in [3.63, 3.8) is 0 Å². The van der Waals surface area contributed by atoms with Gasteiger partial charge in [-0.2, -0.15) is 0 Å². The molecule has 3 nitrogen and oxygen atoms in total. The van der Waals surface area contributed by atoms with Gasteiger partial charge in [0.2, 0.25) is 0 Å². The van der Waals surface area contributed by atoms with Crippen LogP contribution in [0.1, 0.15) is 12.5 Å². The van der Waals surface area contributed by atoms with Crippen molar-refractivity contribution in [3.05, 3.63) is 47.0 Å². The summed E-state index contributed by atoms with van der Waals surface area (Å²) in [6.07, 6.45) is 0. The van der Waals surface area contributed by atoms with Crippen molar-refractivity contribution in [2.24, 2.45) is 0 Å². The zero-order chi connectivity index (χ0) is 15.2. The van der Waals surface area contributed by atoms with E-state index in [-0.39, 0.29) is 0 Å². The van der Waals surface area contributed by atoms with Gasteiger partial charge in [0.1, 0.15) is 11.5 Å². The SMILES string of the molecule is CCNCc1cc(-c2c(OC)cccc2OC)ccc1Cl. The van der Waals surface area contributed by atoms with E-state index < -0.39 is 0 Å². The number of methoxy groups -OCH3 is 2. The molecule has 0 aromatic heterocycles. The summed E-state index contributed by atoms with van der Waals surface area (Å²) in [5.41, 5.74) is 3.03. The van der Waals surface area contributed by atoms with Crippen LogP contribution in [0.25, 0.3) is 11.1 Å². The Balaban J connectivity index is 2.51. The molecule has 0 radical (unpaired) electrons. The molecule has 0 aliphatic heterocycles. The Kier molecular flexibility index (Phi) is 5.48. The number of nitrogens with one attached hydrogen (secondary N) is 1. The van der Waals surface area contributed by atoms with E-state index in [4.69, 9.17) is 21.1 Å². The fraction of sp³-hybridized carbons (Fsp3) is 0.294. The van der Waals surface area contributed by atoms with E-state index in [2.05, 4.69) is 18.3 Å². The van der Waals surface area contributed by atoms with Crippen LogP contribution in [0.5, 0.6) is 11.5 Å². The van der Waals surface area contributed by atoms with Gasteiger partial charge in [-0.15, -0.1) is 0 Å². The van der Waals surface area contributed by atoms with E-state index in [1.165, 1.54) is 0 Å². The largest absolute Gasteiger partial charge is 0.496 e. The van der Waals surface area contributed by atoms with Crippen LogP contribution in [-0.2, 0) is 6.54 Å². The molecule has 0 aliphatic rings. The van der Waals surface area contributed by atoms with Gasteiger partial charge in [0.05, 0.1) is 19.8 Å². The predicted molar refractivity (Wildman–Crippen MR) is 87.4 cm³/mol. The number of benzene rings is 2. The molecule has 112 valence electrons. The third-order valence-corrected chi connectivity index (χ3v) is 3.70. The van der Waals surface area contributed by atoms with E-state index in [0.717, 1.165) is 46.3 Å². The number of rotatable bonds is 6. The first-order valence-corrected chi connectivity index (χ1v) is 7.29. The molecule has 2 rings (SSSR count). The molecule has 2 aromatic carbocycles. The van der Waals surface area contributed by atoms with Crippen LogP contribution in [0.15, 0.2) is 36.4 Å². The third-order valence-electron chi connectivity index (χ3n) is 3.33. The van der Waals surface area contributed by atoms with Crippen LogP contribution < -0.4 is 14.8 Å². The maximum atomic E-state index is 6.26. The number of hydrogen-bond donors (Lipinski definition) is 1. The van der Waals surface area contributed by atoms with E-state index in [1.54, 1.807) is 14.2 Å². The van der Waals surface area contributed by atoms with Crippen LogP contribution in [0.4, 0.5) is 0 Å². The maximum Gasteiger partial charge on any atom is 0.130 e. The van der Waals surface area contributed by atoms with Gasteiger partial charge in [-0.25, -0.2) is 0 Å². The Labute approximate surface area is 130 Å². The second-order valence-corrected chi connectivity index (χ2v) is 5.03. The average molecular weight is 306 g/mol. The average Bonchev–Trinajstić information content (AvgIpc) is 2.53. The minimum Gasteiger partial charge on any atom is -0.496 e. The zero-order valence-electron chi connectivity index (χ0n) is 12.6. The standard InChI is InChI=1S/C17H20ClNO2/c1-4-19-11-13-10-12(8-9-14(13)18)17-15(20-2)6-5-7-16(17)21-3/h5-10,19H,4,11H2,1-3H3. The van der Waals surface area contributed by atoms with Crippen LogP contribution in [-0.4, -0.2) is 20.8 Å². The van der Waals surface area contributed by atoms with Crippen molar-refractivity contribution >= 4 is 11.6 Å². The highest BCUT2D eigenvalue weighted by Crippen LogP contribution is 2.39. The summed E-state index contributed by atoms with van der Waals surface area (Å²) in [4.78, 5) is 0. The highest BCUT2D eigenvalue weighted by Gasteiger charge is 2.13. The second-order valence-electron chi connectivity index (χ2n) is 4.62. The lowest BCUT2D eigenvalue weighted by Crippen LogP contribution is -2.12. The monoisotopic (exact) mass is 305 g/mol. The minimum atomic E-state index is 0.737. The summed E-state index contributed by atoms with van der Waals surface area (Å²) >= 11 is 6.26. The summed E-state index contributed by atoms with van der Waals surface area (Å²) in [6.45, 7) is 3.71. The molecule has 2 aromatic rings. The molecular weight excluding hydrogens is 286 g/mol. The summed E-state index contributed by atoms with van der Waals surface area (Å²) < 4.78 is 10.9. The first kappa shape index (κ1) is 15.7. The van der Waals surface area contributed by atoms with Gasteiger partial charge in [-0.05, 0) is 41.9 Å². The van der Waals surface area contributed by atoms with Gasteiger partial charge in [-0.3, -0.25) is 0 Å². The van der Waals surface area contributed by atoms with Crippen LogP contribution in [0.2, 0.25) is 5.02 Å². The van der Waals surface area contributed by atoms with Crippen molar-refractivity contribution in [2.75, 3.05) is 20.8 Å². The molecule has 0 fully saturated rings. The molecule has 0 amide bonds. The number of ether oxygens (including phenoxy) is 2. The molecule has 0 spiro atoms. The molecular formula is C17H20ClNO2. The fourth-order valence-electron chi connectivity index (χ4n) is 2.26. The van der Waals surface area contributed by atoms with E-state index in [1.807, 2.05) is 30.3 Å². The van der Waals surface area contributed by atoms with Gasteiger partial charge in [-0.1, -0.05) is 30.7 Å². The molecule has 21 heavy (non-hydrogen) atoms. The molecule has 0 atom stereocenters.